The van der Waals surface area contributed by atoms with Crippen LogP contribution in [0.3, 0.4) is 0 Å². The Kier molecular flexibility index (Phi) is 2.97. The minimum absolute atomic E-state index is 0.205. The van der Waals surface area contributed by atoms with Crippen molar-refractivity contribution in [1.29, 1.82) is 0 Å². The fourth-order valence-corrected chi connectivity index (χ4v) is 3.79. The van der Waals surface area contributed by atoms with E-state index in [-0.39, 0.29) is 11.7 Å². The van der Waals surface area contributed by atoms with Crippen molar-refractivity contribution in [3.05, 3.63) is 70.2 Å². The lowest BCUT2D eigenvalue weighted by Gasteiger charge is -2.21. The summed E-state index contributed by atoms with van der Waals surface area (Å²) in [7, 11) is 0. The second-order valence-corrected chi connectivity index (χ2v) is 6.28. The first-order valence-corrected chi connectivity index (χ1v) is 7.90. The molecule has 3 nitrogen and oxygen atoms in total. The first-order chi connectivity index (χ1) is 10.3. The SMILES string of the molecule is O=C1C[C@@H](c2cccs2)Cc2c1cnn2-c1ccccc1. The molecule has 0 bridgehead atoms. The normalized spacial score (nSPS) is 17.7. The third-order valence-corrected chi connectivity index (χ3v) is 5.02. The summed E-state index contributed by atoms with van der Waals surface area (Å²) in [4.78, 5) is 13.7. The number of rotatable bonds is 2. The number of carbonyl (C=O) groups excluding carboxylic acids is 1. The highest BCUT2D eigenvalue weighted by molar-refractivity contribution is 7.10. The van der Waals surface area contributed by atoms with Crippen LogP contribution in [-0.4, -0.2) is 15.6 Å². The van der Waals surface area contributed by atoms with Gasteiger partial charge in [-0.25, -0.2) is 4.68 Å². The van der Waals surface area contributed by atoms with Crippen LogP contribution in [-0.2, 0) is 6.42 Å². The van der Waals surface area contributed by atoms with Crippen LogP contribution in [0.2, 0.25) is 0 Å². The molecule has 2 aromatic heterocycles. The summed E-state index contributed by atoms with van der Waals surface area (Å²) in [5, 5.41) is 6.51. The van der Waals surface area contributed by atoms with E-state index >= 15 is 0 Å². The maximum Gasteiger partial charge on any atom is 0.166 e. The van der Waals surface area contributed by atoms with Gasteiger partial charge in [0.05, 0.1) is 23.1 Å². The zero-order valence-electron chi connectivity index (χ0n) is 11.4. The van der Waals surface area contributed by atoms with Crippen molar-refractivity contribution in [3.63, 3.8) is 0 Å². The molecule has 4 rings (SSSR count). The zero-order chi connectivity index (χ0) is 14.2. The molecule has 0 radical (unpaired) electrons. The molecule has 4 heteroatoms. The van der Waals surface area contributed by atoms with Crippen molar-refractivity contribution in [2.24, 2.45) is 0 Å². The molecule has 0 unspecified atom stereocenters. The van der Waals surface area contributed by atoms with E-state index in [4.69, 9.17) is 0 Å². The summed E-state index contributed by atoms with van der Waals surface area (Å²) < 4.78 is 1.91. The average molecular weight is 294 g/mol. The monoisotopic (exact) mass is 294 g/mol. The van der Waals surface area contributed by atoms with Crippen LogP contribution in [0.1, 0.15) is 33.3 Å². The number of benzene rings is 1. The molecular weight excluding hydrogens is 280 g/mol. The molecule has 1 aromatic carbocycles. The van der Waals surface area contributed by atoms with Crippen molar-refractivity contribution in [2.75, 3.05) is 0 Å². The van der Waals surface area contributed by atoms with Crippen LogP contribution in [0.25, 0.3) is 5.69 Å². The van der Waals surface area contributed by atoms with Gasteiger partial charge in [0, 0.05) is 17.2 Å². The van der Waals surface area contributed by atoms with Gasteiger partial charge < -0.3 is 0 Å². The van der Waals surface area contributed by atoms with Gasteiger partial charge in [-0.15, -0.1) is 11.3 Å². The summed E-state index contributed by atoms with van der Waals surface area (Å²) in [5.41, 5.74) is 2.83. The Morgan fingerprint density at radius 1 is 1.10 bits per heavy atom. The van der Waals surface area contributed by atoms with Gasteiger partial charge in [-0.05, 0) is 30.0 Å². The Labute approximate surface area is 126 Å². The molecule has 0 N–H and O–H groups in total. The molecule has 1 aliphatic rings. The molecule has 104 valence electrons. The molecule has 21 heavy (non-hydrogen) atoms. The summed E-state index contributed by atoms with van der Waals surface area (Å²) in [5.74, 6) is 0.487. The largest absolute Gasteiger partial charge is 0.294 e. The molecule has 0 saturated heterocycles. The van der Waals surface area contributed by atoms with Crippen molar-refractivity contribution in [2.45, 2.75) is 18.8 Å². The highest BCUT2D eigenvalue weighted by atomic mass is 32.1. The van der Waals surface area contributed by atoms with E-state index in [1.807, 2.05) is 35.0 Å². The Balaban J connectivity index is 1.78. The van der Waals surface area contributed by atoms with Crippen molar-refractivity contribution in [3.8, 4) is 5.69 Å². The molecule has 0 saturated carbocycles. The number of fused-ring (bicyclic) bond motifs is 1. The predicted octanol–water partition coefficient (Wildman–Crippen LogP) is 3.85. The molecular formula is C17H14N2OS. The standard InChI is InChI=1S/C17H14N2OS/c20-16-10-12(17-7-4-8-21-17)9-15-14(16)11-18-19(15)13-5-2-1-3-6-13/h1-8,11-12H,9-10H2/t12-/m0/s1. The Bertz CT molecular complexity index is 774. The summed E-state index contributed by atoms with van der Waals surface area (Å²) in [6.07, 6.45) is 3.18. The minimum atomic E-state index is 0.205. The molecule has 1 aliphatic carbocycles. The smallest absolute Gasteiger partial charge is 0.166 e. The third-order valence-electron chi connectivity index (χ3n) is 3.99. The number of thiophene rings is 1. The number of hydrogen-bond donors (Lipinski definition) is 0. The van der Waals surface area contributed by atoms with Crippen LogP contribution >= 0.6 is 11.3 Å². The van der Waals surface area contributed by atoms with Crippen LogP contribution < -0.4 is 0 Å². The highest BCUT2D eigenvalue weighted by Crippen LogP contribution is 2.35. The van der Waals surface area contributed by atoms with Crippen molar-refractivity contribution < 1.29 is 4.79 Å². The van der Waals surface area contributed by atoms with E-state index in [1.54, 1.807) is 17.5 Å². The van der Waals surface area contributed by atoms with Crippen LogP contribution in [0.4, 0.5) is 0 Å². The summed E-state index contributed by atoms with van der Waals surface area (Å²) >= 11 is 1.73. The van der Waals surface area contributed by atoms with E-state index in [1.165, 1.54) is 4.88 Å². The quantitative estimate of drug-likeness (QED) is 0.719. The predicted molar refractivity (Wildman–Crippen MR) is 83.3 cm³/mol. The van der Waals surface area contributed by atoms with E-state index in [9.17, 15) is 4.79 Å². The second kappa shape index (κ2) is 4.97. The number of hydrogen-bond acceptors (Lipinski definition) is 3. The number of carbonyl (C=O) groups is 1. The lowest BCUT2D eigenvalue weighted by molar-refractivity contribution is 0.0964. The number of para-hydroxylation sites is 1. The number of Topliss-reactive ketones (excluding diaryl/α,β-unsaturated/α-hetero) is 1. The Morgan fingerprint density at radius 3 is 2.71 bits per heavy atom. The number of aromatic nitrogens is 2. The van der Waals surface area contributed by atoms with E-state index in [2.05, 4.69) is 22.6 Å². The maximum atomic E-state index is 12.4. The van der Waals surface area contributed by atoms with Crippen LogP contribution in [0, 0.1) is 0 Å². The topological polar surface area (TPSA) is 34.9 Å². The zero-order valence-corrected chi connectivity index (χ0v) is 12.2. The molecule has 3 aromatic rings. The van der Waals surface area contributed by atoms with Crippen molar-refractivity contribution in [1.82, 2.24) is 9.78 Å². The fraction of sp³-hybridized carbons (Fsp3) is 0.176. The Hall–Kier alpha value is -2.20. The average Bonchev–Trinajstić information content (AvgIpc) is 3.18. The minimum Gasteiger partial charge on any atom is -0.294 e. The number of nitrogens with zero attached hydrogens (tertiary/aromatic N) is 2. The third kappa shape index (κ3) is 2.12. The van der Waals surface area contributed by atoms with Gasteiger partial charge in [-0.1, -0.05) is 24.3 Å². The van der Waals surface area contributed by atoms with Gasteiger partial charge in [0.2, 0.25) is 0 Å². The van der Waals surface area contributed by atoms with Gasteiger partial charge in [0.1, 0.15) is 0 Å². The first kappa shape index (κ1) is 12.5. The molecule has 2 heterocycles. The molecule has 0 spiro atoms. The molecule has 0 amide bonds. The van der Waals surface area contributed by atoms with Gasteiger partial charge in [0.25, 0.3) is 0 Å². The van der Waals surface area contributed by atoms with Crippen LogP contribution in [0.5, 0.6) is 0 Å². The summed E-state index contributed by atoms with van der Waals surface area (Å²) in [6.45, 7) is 0. The molecule has 1 atom stereocenters. The lowest BCUT2D eigenvalue weighted by Crippen LogP contribution is -2.19. The van der Waals surface area contributed by atoms with E-state index in [0.29, 0.717) is 6.42 Å². The molecule has 0 fully saturated rings. The maximum absolute atomic E-state index is 12.4. The van der Waals surface area contributed by atoms with E-state index in [0.717, 1.165) is 23.4 Å². The Morgan fingerprint density at radius 2 is 1.95 bits per heavy atom. The van der Waals surface area contributed by atoms with Gasteiger partial charge in [0.15, 0.2) is 5.78 Å². The summed E-state index contributed by atoms with van der Waals surface area (Å²) in [6, 6.07) is 14.2. The lowest BCUT2D eigenvalue weighted by atomic mass is 9.86. The van der Waals surface area contributed by atoms with Crippen LogP contribution in [0.15, 0.2) is 54.0 Å². The van der Waals surface area contributed by atoms with Crippen molar-refractivity contribution >= 4 is 17.1 Å². The van der Waals surface area contributed by atoms with Gasteiger partial charge in [-0.2, -0.15) is 5.10 Å². The highest BCUT2D eigenvalue weighted by Gasteiger charge is 2.30. The molecule has 0 aliphatic heterocycles. The second-order valence-electron chi connectivity index (χ2n) is 5.30. The first-order valence-electron chi connectivity index (χ1n) is 7.02. The number of ketones is 1. The van der Waals surface area contributed by atoms with E-state index < -0.39 is 0 Å². The van der Waals surface area contributed by atoms with Gasteiger partial charge >= 0.3 is 0 Å². The fourth-order valence-electron chi connectivity index (χ4n) is 2.96. The van der Waals surface area contributed by atoms with Gasteiger partial charge in [-0.3, -0.25) is 4.79 Å².